The van der Waals surface area contributed by atoms with E-state index < -0.39 is 6.10 Å². The van der Waals surface area contributed by atoms with E-state index in [1.807, 2.05) is 30.5 Å². The molecule has 3 nitrogen and oxygen atoms in total. The zero-order valence-corrected chi connectivity index (χ0v) is 11.6. The van der Waals surface area contributed by atoms with Gasteiger partial charge in [0.05, 0.1) is 0 Å². The predicted molar refractivity (Wildman–Crippen MR) is 72.0 cm³/mol. The Labute approximate surface area is 112 Å². The van der Waals surface area contributed by atoms with E-state index in [1.54, 1.807) is 12.4 Å². The molecule has 0 unspecified atom stereocenters. The molecule has 2 aromatic rings. The number of aromatic nitrogens is 2. The van der Waals surface area contributed by atoms with Crippen molar-refractivity contribution in [2.45, 2.75) is 11.1 Å². The highest BCUT2D eigenvalue weighted by molar-refractivity contribution is 9.10. The van der Waals surface area contributed by atoms with Crippen molar-refractivity contribution in [1.82, 2.24) is 9.97 Å². The lowest BCUT2D eigenvalue weighted by Gasteiger charge is -2.12. The van der Waals surface area contributed by atoms with Gasteiger partial charge in [-0.2, -0.15) is 0 Å². The first kappa shape index (κ1) is 12.5. The molecule has 17 heavy (non-hydrogen) atoms. The summed E-state index contributed by atoms with van der Waals surface area (Å²) in [7, 11) is 0. The summed E-state index contributed by atoms with van der Waals surface area (Å²) in [6, 6.07) is 7.53. The standard InChI is InChI=1S/C12H11BrN2OS/c1-17-12-10(14-6-7-15-12)11(16)8-2-4-9(13)5-3-8/h2-7,11,16H,1H3/t11-/m0/s1. The number of hydrogen-bond donors (Lipinski definition) is 1. The highest BCUT2D eigenvalue weighted by atomic mass is 79.9. The molecule has 0 aliphatic rings. The minimum Gasteiger partial charge on any atom is -0.382 e. The molecular formula is C12H11BrN2OS. The van der Waals surface area contributed by atoms with Crippen LogP contribution in [0, 0.1) is 0 Å². The lowest BCUT2D eigenvalue weighted by Crippen LogP contribution is -2.05. The van der Waals surface area contributed by atoms with Crippen LogP contribution < -0.4 is 0 Å². The number of halogens is 1. The van der Waals surface area contributed by atoms with E-state index in [0.29, 0.717) is 5.69 Å². The van der Waals surface area contributed by atoms with Crippen LogP contribution in [0.1, 0.15) is 17.4 Å². The van der Waals surface area contributed by atoms with Crippen LogP contribution in [0.25, 0.3) is 0 Å². The molecule has 0 spiro atoms. The van der Waals surface area contributed by atoms with Crippen molar-refractivity contribution in [3.63, 3.8) is 0 Å². The number of aliphatic hydroxyl groups is 1. The second kappa shape index (κ2) is 5.62. The summed E-state index contributed by atoms with van der Waals surface area (Å²) in [5.74, 6) is 0. The van der Waals surface area contributed by atoms with Gasteiger partial charge in [-0.05, 0) is 24.0 Å². The molecule has 1 N–H and O–H groups in total. The monoisotopic (exact) mass is 310 g/mol. The minimum absolute atomic E-state index is 0.599. The van der Waals surface area contributed by atoms with Gasteiger partial charge in [0.1, 0.15) is 16.8 Å². The molecule has 88 valence electrons. The van der Waals surface area contributed by atoms with E-state index in [2.05, 4.69) is 25.9 Å². The minimum atomic E-state index is -0.737. The van der Waals surface area contributed by atoms with Crippen molar-refractivity contribution in [2.24, 2.45) is 0 Å². The van der Waals surface area contributed by atoms with E-state index in [-0.39, 0.29) is 0 Å². The summed E-state index contributed by atoms with van der Waals surface area (Å²) in [6.07, 6.45) is 4.40. The highest BCUT2D eigenvalue weighted by Crippen LogP contribution is 2.27. The molecule has 1 atom stereocenters. The van der Waals surface area contributed by atoms with Gasteiger partial charge in [-0.25, -0.2) is 4.98 Å². The van der Waals surface area contributed by atoms with E-state index >= 15 is 0 Å². The van der Waals surface area contributed by atoms with Crippen molar-refractivity contribution in [3.05, 3.63) is 52.4 Å². The highest BCUT2D eigenvalue weighted by Gasteiger charge is 2.16. The fraction of sp³-hybridized carbons (Fsp3) is 0.167. The van der Waals surface area contributed by atoms with Gasteiger partial charge < -0.3 is 5.11 Å². The molecule has 0 saturated carbocycles. The summed E-state index contributed by atoms with van der Waals surface area (Å²) >= 11 is 4.84. The zero-order valence-electron chi connectivity index (χ0n) is 9.17. The Hall–Kier alpha value is -0.910. The molecule has 0 saturated heterocycles. The normalized spacial score (nSPS) is 12.4. The summed E-state index contributed by atoms with van der Waals surface area (Å²) in [4.78, 5) is 8.40. The summed E-state index contributed by atoms with van der Waals surface area (Å²) in [5.41, 5.74) is 1.41. The van der Waals surface area contributed by atoms with Gasteiger partial charge in [0, 0.05) is 16.9 Å². The van der Waals surface area contributed by atoms with Crippen LogP contribution in [0.3, 0.4) is 0 Å². The summed E-state index contributed by atoms with van der Waals surface area (Å²) < 4.78 is 0.984. The van der Waals surface area contributed by atoms with Crippen LogP contribution in [0.4, 0.5) is 0 Å². The maximum Gasteiger partial charge on any atom is 0.124 e. The van der Waals surface area contributed by atoms with Crippen molar-refractivity contribution in [2.75, 3.05) is 6.26 Å². The van der Waals surface area contributed by atoms with Crippen LogP contribution in [-0.2, 0) is 0 Å². The molecule has 0 aliphatic heterocycles. The van der Waals surface area contributed by atoms with Crippen molar-refractivity contribution in [1.29, 1.82) is 0 Å². The molecule has 0 fully saturated rings. The summed E-state index contributed by atoms with van der Waals surface area (Å²) in [5, 5.41) is 11.0. The first-order valence-corrected chi connectivity index (χ1v) is 7.02. The van der Waals surface area contributed by atoms with Gasteiger partial charge in [0.2, 0.25) is 0 Å². The van der Waals surface area contributed by atoms with Gasteiger partial charge in [0.15, 0.2) is 0 Å². The molecular weight excluding hydrogens is 300 g/mol. The number of rotatable bonds is 3. The Balaban J connectivity index is 2.36. The molecule has 0 radical (unpaired) electrons. The molecule has 5 heteroatoms. The number of thioether (sulfide) groups is 1. The quantitative estimate of drug-likeness (QED) is 0.885. The van der Waals surface area contributed by atoms with E-state index in [1.165, 1.54) is 11.8 Å². The van der Waals surface area contributed by atoms with Crippen LogP contribution in [0.5, 0.6) is 0 Å². The molecule has 1 aromatic carbocycles. The van der Waals surface area contributed by atoms with Crippen LogP contribution in [0.2, 0.25) is 0 Å². The maximum absolute atomic E-state index is 10.3. The molecule has 2 rings (SSSR count). The topological polar surface area (TPSA) is 46.0 Å². The molecule has 1 aromatic heterocycles. The predicted octanol–water partition coefficient (Wildman–Crippen LogP) is 3.04. The third-order valence-corrected chi connectivity index (χ3v) is 3.56. The summed E-state index contributed by atoms with van der Waals surface area (Å²) in [6.45, 7) is 0. The van der Waals surface area contributed by atoms with E-state index in [9.17, 15) is 5.11 Å². The molecule has 1 heterocycles. The van der Waals surface area contributed by atoms with E-state index in [0.717, 1.165) is 15.1 Å². The Morgan fingerprint density at radius 3 is 2.47 bits per heavy atom. The number of hydrogen-bond acceptors (Lipinski definition) is 4. The smallest absolute Gasteiger partial charge is 0.124 e. The van der Waals surface area contributed by atoms with Gasteiger partial charge in [-0.3, -0.25) is 4.98 Å². The lowest BCUT2D eigenvalue weighted by molar-refractivity contribution is 0.211. The second-order valence-electron chi connectivity index (χ2n) is 3.40. The van der Waals surface area contributed by atoms with Gasteiger partial charge >= 0.3 is 0 Å². The number of benzene rings is 1. The fourth-order valence-corrected chi connectivity index (χ4v) is 2.29. The van der Waals surface area contributed by atoms with Crippen molar-refractivity contribution >= 4 is 27.7 Å². The molecule has 0 bridgehead atoms. The zero-order chi connectivity index (χ0) is 12.3. The Bertz CT molecular complexity index is 504. The fourth-order valence-electron chi connectivity index (χ4n) is 1.48. The average molecular weight is 311 g/mol. The third kappa shape index (κ3) is 2.86. The van der Waals surface area contributed by atoms with E-state index in [4.69, 9.17) is 0 Å². The number of nitrogens with zero attached hydrogens (tertiary/aromatic N) is 2. The molecule has 0 amide bonds. The van der Waals surface area contributed by atoms with Crippen LogP contribution in [0.15, 0.2) is 46.2 Å². The Morgan fingerprint density at radius 2 is 1.82 bits per heavy atom. The van der Waals surface area contributed by atoms with Gasteiger partial charge in [0.25, 0.3) is 0 Å². The van der Waals surface area contributed by atoms with Gasteiger partial charge in [-0.1, -0.05) is 28.1 Å². The Kier molecular flexibility index (Phi) is 4.15. The first-order chi connectivity index (χ1) is 8.22. The lowest BCUT2D eigenvalue weighted by atomic mass is 10.1. The van der Waals surface area contributed by atoms with Crippen LogP contribution in [-0.4, -0.2) is 21.3 Å². The van der Waals surface area contributed by atoms with Gasteiger partial charge in [-0.15, -0.1) is 11.8 Å². The van der Waals surface area contributed by atoms with Crippen molar-refractivity contribution < 1.29 is 5.11 Å². The third-order valence-electron chi connectivity index (χ3n) is 2.33. The van der Waals surface area contributed by atoms with Crippen molar-refractivity contribution in [3.8, 4) is 0 Å². The Morgan fingerprint density at radius 1 is 1.18 bits per heavy atom. The average Bonchev–Trinajstić information content (AvgIpc) is 2.39. The maximum atomic E-state index is 10.3. The van der Waals surface area contributed by atoms with Crippen LogP contribution >= 0.6 is 27.7 Å². The largest absolute Gasteiger partial charge is 0.382 e. The SMILES string of the molecule is CSc1nccnc1[C@@H](O)c1ccc(Br)cc1. The second-order valence-corrected chi connectivity index (χ2v) is 5.12. The molecule has 0 aliphatic carbocycles. The first-order valence-electron chi connectivity index (χ1n) is 5.01. The number of aliphatic hydroxyl groups excluding tert-OH is 1.